The third-order valence-corrected chi connectivity index (χ3v) is 2.24. The molecule has 1 aromatic rings. The van der Waals surface area contributed by atoms with Crippen molar-refractivity contribution in [1.29, 1.82) is 0 Å². The van der Waals surface area contributed by atoms with Gasteiger partial charge in [-0.05, 0) is 12.1 Å². The summed E-state index contributed by atoms with van der Waals surface area (Å²) in [4.78, 5) is 12.6. The summed E-state index contributed by atoms with van der Waals surface area (Å²) in [7, 11) is 1.71. The maximum absolute atomic E-state index is 11.0. The summed E-state index contributed by atoms with van der Waals surface area (Å²) in [6.45, 7) is 0.992. The summed E-state index contributed by atoms with van der Waals surface area (Å²) in [5, 5.41) is 0. The number of carbonyl (C=O) groups excluding carboxylic acids is 1. The van der Waals surface area contributed by atoms with E-state index in [0.29, 0.717) is 13.2 Å². The van der Waals surface area contributed by atoms with Crippen LogP contribution in [0.25, 0.3) is 0 Å². The number of para-hydroxylation sites is 1. The quantitative estimate of drug-likeness (QED) is 0.754. The molecule has 1 aliphatic rings. The molecule has 0 aliphatic carbocycles. The molecule has 1 atom stereocenters. The molecule has 2 rings (SSSR count). The summed E-state index contributed by atoms with van der Waals surface area (Å²) in [6.07, 6.45) is -0.445. The topological polar surface area (TPSA) is 38.8 Å². The molecule has 4 heteroatoms. The number of nitrogens with zero attached hydrogens (tertiary/aromatic N) is 1. The van der Waals surface area contributed by atoms with Crippen LogP contribution in [0.2, 0.25) is 0 Å². The minimum Gasteiger partial charge on any atom is -0.490 e. The largest absolute Gasteiger partial charge is 0.490 e. The Morgan fingerprint density at radius 1 is 1.47 bits per heavy atom. The van der Waals surface area contributed by atoms with E-state index in [4.69, 9.17) is 9.47 Å². The van der Waals surface area contributed by atoms with Crippen molar-refractivity contribution in [2.45, 2.75) is 6.10 Å². The molecule has 1 amide bonds. The van der Waals surface area contributed by atoms with Gasteiger partial charge in [-0.3, -0.25) is 0 Å². The Bertz CT molecular complexity index is 339. The van der Waals surface area contributed by atoms with Crippen LogP contribution in [-0.2, 0) is 4.74 Å². The average Bonchev–Trinajstić information content (AvgIpc) is 2.57. The highest BCUT2D eigenvalue weighted by Gasteiger charge is 2.28. The van der Waals surface area contributed by atoms with Gasteiger partial charge in [-0.25, -0.2) is 4.79 Å². The van der Waals surface area contributed by atoms with Gasteiger partial charge >= 0.3 is 6.09 Å². The fraction of sp³-hybridized carbons (Fsp3) is 0.364. The SMILES string of the molecule is CN1CC(COc2ccccc2)OC1=O. The molecular weight excluding hydrogens is 194 g/mol. The van der Waals surface area contributed by atoms with Crippen molar-refractivity contribution >= 4 is 6.09 Å². The molecule has 1 unspecified atom stereocenters. The van der Waals surface area contributed by atoms with Gasteiger partial charge in [0.15, 0.2) is 6.10 Å². The van der Waals surface area contributed by atoms with Crippen molar-refractivity contribution in [3.63, 3.8) is 0 Å². The second-order valence-electron chi connectivity index (χ2n) is 3.51. The molecule has 15 heavy (non-hydrogen) atoms. The van der Waals surface area contributed by atoms with Crippen LogP contribution in [0.5, 0.6) is 5.75 Å². The smallest absolute Gasteiger partial charge is 0.410 e. The molecule has 1 heterocycles. The highest BCUT2D eigenvalue weighted by atomic mass is 16.6. The summed E-state index contributed by atoms with van der Waals surface area (Å²) in [5.41, 5.74) is 0. The van der Waals surface area contributed by atoms with Gasteiger partial charge < -0.3 is 14.4 Å². The molecule has 1 aliphatic heterocycles. The van der Waals surface area contributed by atoms with E-state index in [1.165, 1.54) is 0 Å². The number of benzene rings is 1. The zero-order chi connectivity index (χ0) is 10.7. The van der Waals surface area contributed by atoms with E-state index in [0.717, 1.165) is 5.75 Å². The van der Waals surface area contributed by atoms with E-state index >= 15 is 0 Å². The van der Waals surface area contributed by atoms with Crippen LogP contribution in [0.3, 0.4) is 0 Å². The molecule has 0 bridgehead atoms. The molecule has 1 fully saturated rings. The fourth-order valence-corrected chi connectivity index (χ4v) is 1.44. The zero-order valence-electron chi connectivity index (χ0n) is 8.55. The van der Waals surface area contributed by atoms with Crippen LogP contribution in [0.1, 0.15) is 0 Å². The minimum atomic E-state index is -0.281. The molecule has 1 saturated heterocycles. The third-order valence-electron chi connectivity index (χ3n) is 2.24. The Kier molecular flexibility index (Phi) is 2.76. The lowest BCUT2D eigenvalue weighted by Crippen LogP contribution is -2.23. The number of ether oxygens (including phenoxy) is 2. The van der Waals surface area contributed by atoms with Gasteiger partial charge in [0.05, 0.1) is 6.54 Å². The number of likely N-dealkylation sites (N-methyl/N-ethyl adjacent to an activating group) is 1. The third kappa shape index (κ3) is 2.40. The Hall–Kier alpha value is -1.71. The van der Waals surface area contributed by atoms with Gasteiger partial charge in [0.1, 0.15) is 12.4 Å². The second-order valence-corrected chi connectivity index (χ2v) is 3.51. The molecule has 0 spiro atoms. The van der Waals surface area contributed by atoms with Crippen LogP contribution in [0.15, 0.2) is 30.3 Å². The lowest BCUT2D eigenvalue weighted by Gasteiger charge is -2.09. The molecule has 1 aromatic carbocycles. The number of carbonyl (C=O) groups is 1. The molecular formula is C11H13NO3. The monoisotopic (exact) mass is 207 g/mol. The van der Waals surface area contributed by atoms with Gasteiger partial charge in [0.2, 0.25) is 0 Å². The van der Waals surface area contributed by atoms with Crippen LogP contribution >= 0.6 is 0 Å². The van der Waals surface area contributed by atoms with Crippen molar-refractivity contribution in [1.82, 2.24) is 4.90 Å². The van der Waals surface area contributed by atoms with E-state index < -0.39 is 0 Å². The minimum absolute atomic E-state index is 0.164. The fourth-order valence-electron chi connectivity index (χ4n) is 1.44. The number of rotatable bonds is 3. The standard InChI is InChI=1S/C11H13NO3/c1-12-7-10(15-11(12)13)8-14-9-5-3-2-4-6-9/h2-6,10H,7-8H2,1H3. The van der Waals surface area contributed by atoms with Crippen molar-refractivity contribution in [2.24, 2.45) is 0 Å². The predicted octanol–water partition coefficient (Wildman–Crippen LogP) is 1.52. The Balaban J connectivity index is 1.82. The van der Waals surface area contributed by atoms with Gasteiger partial charge in [0, 0.05) is 7.05 Å². The Labute approximate surface area is 88.4 Å². The predicted molar refractivity (Wildman–Crippen MR) is 54.8 cm³/mol. The summed E-state index contributed by atoms with van der Waals surface area (Å²) in [5.74, 6) is 0.795. The summed E-state index contributed by atoms with van der Waals surface area (Å²) in [6, 6.07) is 9.49. The lowest BCUT2D eigenvalue weighted by atomic mass is 10.3. The molecule has 0 aromatic heterocycles. The maximum atomic E-state index is 11.0. The highest BCUT2D eigenvalue weighted by molar-refractivity contribution is 5.69. The Morgan fingerprint density at radius 2 is 2.20 bits per heavy atom. The molecule has 4 nitrogen and oxygen atoms in total. The van der Waals surface area contributed by atoms with Crippen molar-refractivity contribution < 1.29 is 14.3 Å². The first kappa shape index (κ1) is 9.83. The second kappa shape index (κ2) is 4.21. The van der Waals surface area contributed by atoms with Gasteiger partial charge in [-0.1, -0.05) is 18.2 Å². The van der Waals surface area contributed by atoms with Crippen molar-refractivity contribution in [3.05, 3.63) is 30.3 Å². The lowest BCUT2D eigenvalue weighted by molar-refractivity contribution is 0.103. The first-order valence-electron chi connectivity index (χ1n) is 4.85. The number of amides is 1. The zero-order valence-corrected chi connectivity index (χ0v) is 8.55. The maximum Gasteiger partial charge on any atom is 0.410 e. The van der Waals surface area contributed by atoms with Crippen LogP contribution in [-0.4, -0.2) is 37.3 Å². The number of hydrogen-bond acceptors (Lipinski definition) is 3. The van der Waals surface area contributed by atoms with Gasteiger partial charge in [-0.15, -0.1) is 0 Å². The van der Waals surface area contributed by atoms with E-state index in [1.54, 1.807) is 11.9 Å². The molecule has 0 radical (unpaired) electrons. The normalized spacial score (nSPS) is 20.2. The van der Waals surface area contributed by atoms with E-state index in [1.807, 2.05) is 30.3 Å². The number of hydrogen-bond donors (Lipinski definition) is 0. The van der Waals surface area contributed by atoms with Crippen LogP contribution in [0.4, 0.5) is 4.79 Å². The van der Waals surface area contributed by atoms with Crippen LogP contribution < -0.4 is 4.74 Å². The number of cyclic esters (lactones) is 1. The van der Waals surface area contributed by atoms with Crippen LogP contribution in [0, 0.1) is 0 Å². The molecule has 80 valence electrons. The van der Waals surface area contributed by atoms with E-state index in [2.05, 4.69) is 0 Å². The van der Waals surface area contributed by atoms with Gasteiger partial charge in [0.25, 0.3) is 0 Å². The molecule has 0 saturated carbocycles. The molecule has 0 N–H and O–H groups in total. The average molecular weight is 207 g/mol. The summed E-state index contributed by atoms with van der Waals surface area (Å²) >= 11 is 0. The summed E-state index contributed by atoms with van der Waals surface area (Å²) < 4.78 is 10.5. The highest BCUT2D eigenvalue weighted by Crippen LogP contribution is 2.13. The van der Waals surface area contributed by atoms with E-state index in [-0.39, 0.29) is 12.2 Å². The first-order chi connectivity index (χ1) is 7.25. The first-order valence-corrected chi connectivity index (χ1v) is 4.85. The van der Waals surface area contributed by atoms with Crippen molar-refractivity contribution in [2.75, 3.05) is 20.2 Å². The van der Waals surface area contributed by atoms with Crippen molar-refractivity contribution in [3.8, 4) is 5.75 Å². The van der Waals surface area contributed by atoms with E-state index in [9.17, 15) is 4.79 Å². The Morgan fingerprint density at radius 3 is 2.80 bits per heavy atom. The van der Waals surface area contributed by atoms with Gasteiger partial charge in [-0.2, -0.15) is 0 Å².